The molecule has 0 bridgehead atoms. The van der Waals surface area contributed by atoms with Gasteiger partial charge in [0.1, 0.15) is 12.4 Å². The van der Waals surface area contributed by atoms with Gasteiger partial charge in [-0.05, 0) is 56.5 Å². The van der Waals surface area contributed by atoms with E-state index in [2.05, 4.69) is 5.32 Å². The van der Waals surface area contributed by atoms with E-state index in [0.717, 1.165) is 16.5 Å². The molecule has 39 heavy (non-hydrogen) atoms. The van der Waals surface area contributed by atoms with Crippen molar-refractivity contribution in [1.29, 1.82) is 0 Å². The third-order valence-corrected chi connectivity index (χ3v) is 8.33. The van der Waals surface area contributed by atoms with Gasteiger partial charge in [-0.25, -0.2) is 14.6 Å². The van der Waals surface area contributed by atoms with Gasteiger partial charge in [0.15, 0.2) is 5.60 Å². The Morgan fingerprint density at radius 3 is 2.77 bits per heavy atom. The number of rotatable bonds is 3. The van der Waals surface area contributed by atoms with E-state index in [-0.39, 0.29) is 36.8 Å². The SMILES string of the molecule is CCc1c2c(nc3ccc(OC(=O)N4CC(C)NCC4C)cc13)-c1cc3c(c(=O)n1C2)COC(=O)[C@]3(O)CC. The Kier molecular flexibility index (Phi) is 6.00. The van der Waals surface area contributed by atoms with Crippen LogP contribution in [0.25, 0.3) is 22.3 Å². The molecule has 1 saturated heterocycles. The number of amides is 1. The fourth-order valence-corrected chi connectivity index (χ4v) is 6.04. The molecule has 3 aliphatic rings. The lowest BCUT2D eigenvalue weighted by Gasteiger charge is -2.36. The number of aromatic nitrogens is 2. The second-order valence-corrected chi connectivity index (χ2v) is 10.7. The van der Waals surface area contributed by atoms with Crippen molar-refractivity contribution in [2.45, 2.75) is 71.4 Å². The summed E-state index contributed by atoms with van der Waals surface area (Å²) in [6.07, 6.45) is 0.383. The first-order valence-corrected chi connectivity index (χ1v) is 13.5. The number of fused-ring (bicyclic) bond motifs is 5. The van der Waals surface area contributed by atoms with Gasteiger partial charge in [0.2, 0.25) is 0 Å². The third-order valence-electron chi connectivity index (χ3n) is 8.33. The van der Waals surface area contributed by atoms with Crippen LogP contribution in [0, 0.1) is 0 Å². The zero-order valence-electron chi connectivity index (χ0n) is 22.5. The molecule has 2 N–H and O–H groups in total. The second kappa shape index (κ2) is 9.17. The quantitative estimate of drug-likeness (QED) is 0.386. The molecule has 5 heterocycles. The normalized spacial score (nSPS) is 23.7. The number of carbonyl (C=O) groups excluding carboxylic acids is 2. The number of esters is 1. The molecule has 1 fully saturated rings. The Bertz CT molecular complexity index is 1600. The Morgan fingerprint density at radius 2 is 2.03 bits per heavy atom. The number of carbonyl (C=O) groups is 2. The Balaban J connectivity index is 1.42. The molecule has 204 valence electrons. The van der Waals surface area contributed by atoms with Gasteiger partial charge in [-0.1, -0.05) is 13.8 Å². The largest absolute Gasteiger partial charge is 0.458 e. The molecule has 2 unspecified atom stereocenters. The van der Waals surface area contributed by atoms with E-state index in [1.54, 1.807) is 28.5 Å². The van der Waals surface area contributed by atoms with E-state index in [1.807, 2.05) is 32.9 Å². The summed E-state index contributed by atoms with van der Waals surface area (Å²) in [6, 6.07) is 7.33. The van der Waals surface area contributed by atoms with Crippen molar-refractivity contribution in [3.05, 3.63) is 56.9 Å². The number of nitrogens with zero attached hydrogens (tertiary/aromatic N) is 3. The number of aryl methyl sites for hydroxylation is 1. The van der Waals surface area contributed by atoms with Crippen LogP contribution in [0.4, 0.5) is 4.79 Å². The number of pyridine rings is 2. The molecule has 10 nitrogen and oxygen atoms in total. The molecule has 1 aromatic carbocycles. The highest BCUT2D eigenvalue weighted by atomic mass is 16.6. The van der Waals surface area contributed by atoms with Crippen molar-refractivity contribution in [2.75, 3.05) is 13.1 Å². The van der Waals surface area contributed by atoms with Crippen LogP contribution in [0.1, 0.15) is 56.4 Å². The monoisotopic (exact) mass is 532 g/mol. The van der Waals surface area contributed by atoms with Gasteiger partial charge in [0.05, 0.1) is 29.0 Å². The number of benzene rings is 1. The highest BCUT2D eigenvalue weighted by molar-refractivity contribution is 5.90. The average Bonchev–Trinajstić information content (AvgIpc) is 3.29. The predicted octanol–water partition coefficient (Wildman–Crippen LogP) is 2.82. The van der Waals surface area contributed by atoms with Crippen LogP contribution in [0.2, 0.25) is 0 Å². The van der Waals surface area contributed by atoms with Crippen molar-refractivity contribution in [3.63, 3.8) is 0 Å². The summed E-state index contributed by atoms with van der Waals surface area (Å²) >= 11 is 0. The molecule has 3 aromatic rings. The van der Waals surface area contributed by atoms with Crippen molar-refractivity contribution in [2.24, 2.45) is 0 Å². The summed E-state index contributed by atoms with van der Waals surface area (Å²) in [5.74, 6) is -0.304. The first kappa shape index (κ1) is 25.5. The highest BCUT2D eigenvalue weighted by Crippen LogP contribution is 2.40. The number of hydrogen-bond donors (Lipinski definition) is 2. The van der Waals surface area contributed by atoms with Gasteiger partial charge in [0.25, 0.3) is 5.56 Å². The summed E-state index contributed by atoms with van der Waals surface area (Å²) in [6.45, 7) is 9.19. The zero-order valence-corrected chi connectivity index (χ0v) is 22.5. The van der Waals surface area contributed by atoms with Crippen LogP contribution >= 0.6 is 0 Å². The molecule has 3 atom stereocenters. The molecule has 0 radical (unpaired) electrons. The topological polar surface area (TPSA) is 123 Å². The Morgan fingerprint density at radius 1 is 1.23 bits per heavy atom. The molecule has 0 spiro atoms. The van der Waals surface area contributed by atoms with Gasteiger partial charge < -0.3 is 29.4 Å². The minimum Gasteiger partial charge on any atom is -0.458 e. The molecule has 10 heteroatoms. The van der Waals surface area contributed by atoms with Crippen LogP contribution in [-0.4, -0.2) is 56.8 Å². The Labute approximate surface area is 225 Å². The van der Waals surface area contributed by atoms with E-state index >= 15 is 0 Å². The predicted molar refractivity (Wildman–Crippen MR) is 144 cm³/mol. The number of piperazine rings is 1. The number of ether oxygens (including phenoxy) is 2. The van der Waals surface area contributed by atoms with Gasteiger partial charge in [0, 0.05) is 41.7 Å². The minimum atomic E-state index is -1.87. The molecule has 0 saturated carbocycles. The van der Waals surface area contributed by atoms with Crippen LogP contribution in [0.5, 0.6) is 5.75 Å². The summed E-state index contributed by atoms with van der Waals surface area (Å²) in [7, 11) is 0. The highest BCUT2D eigenvalue weighted by Gasteiger charge is 2.45. The maximum Gasteiger partial charge on any atom is 0.415 e. The molecule has 0 aliphatic carbocycles. The second-order valence-electron chi connectivity index (χ2n) is 10.7. The zero-order chi connectivity index (χ0) is 27.6. The lowest BCUT2D eigenvalue weighted by atomic mass is 9.86. The van der Waals surface area contributed by atoms with E-state index < -0.39 is 11.6 Å². The number of aliphatic hydroxyl groups is 1. The Hall–Kier alpha value is -3.76. The molecule has 1 amide bonds. The van der Waals surface area contributed by atoms with Gasteiger partial charge in [-0.2, -0.15) is 0 Å². The summed E-state index contributed by atoms with van der Waals surface area (Å²) < 4.78 is 12.6. The summed E-state index contributed by atoms with van der Waals surface area (Å²) in [5, 5.41) is 15.3. The maximum atomic E-state index is 13.5. The first-order chi connectivity index (χ1) is 18.7. The van der Waals surface area contributed by atoms with E-state index in [0.29, 0.717) is 59.8 Å². The summed E-state index contributed by atoms with van der Waals surface area (Å²) in [5.41, 5.74) is 2.29. The van der Waals surface area contributed by atoms with Gasteiger partial charge in [-0.15, -0.1) is 0 Å². The van der Waals surface area contributed by atoms with Crippen LogP contribution in [0.3, 0.4) is 0 Å². The molecular weight excluding hydrogens is 500 g/mol. The summed E-state index contributed by atoms with van der Waals surface area (Å²) in [4.78, 5) is 45.6. The molecule has 6 rings (SSSR count). The average molecular weight is 533 g/mol. The standard InChI is InChI=1S/C29H32N4O6/c1-5-18-19-9-17(39-28(36)32-12-15(3)30-11-16(32)4)7-8-23(19)31-25-20(18)13-33-24(25)10-22-21(26(33)34)14-38-27(35)29(22,37)6-2/h7-10,15-16,30,37H,5-6,11-14H2,1-4H3/t15?,16?,29-/m0/s1. The van der Waals surface area contributed by atoms with Crippen LogP contribution in [-0.2, 0) is 34.7 Å². The van der Waals surface area contributed by atoms with Crippen molar-refractivity contribution >= 4 is 23.0 Å². The van der Waals surface area contributed by atoms with Gasteiger partial charge >= 0.3 is 12.1 Å². The number of hydrogen-bond acceptors (Lipinski definition) is 8. The van der Waals surface area contributed by atoms with Crippen LogP contribution < -0.4 is 15.6 Å². The van der Waals surface area contributed by atoms with Crippen molar-refractivity contribution < 1.29 is 24.2 Å². The fraction of sp³-hybridized carbons (Fsp3) is 0.448. The smallest absolute Gasteiger partial charge is 0.415 e. The van der Waals surface area contributed by atoms with Crippen molar-refractivity contribution in [3.8, 4) is 17.1 Å². The van der Waals surface area contributed by atoms with Crippen molar-refractivity contribution in [1.82, 2.24) is 19.8 Å². The van der Waals surface area contributed by atoms with Crippen LogP contribution in [0.15, 0.2) is 29.1 Å². The molecule has 2 aromatic heterocycles. The maximum absolute atomic E-state index is 13.5. The minimum absolute atomic E-state index is 0.0268. The lowest BCUT2D eigenvalue weighted by molar-refractivity contribution is -0.172. The van der Waals surface area contributed by atoms with E-state index in [9.17, 15) is 19.5 Å². The third kappa shape index (κ3) is 3.84. The number of cyclic esters (lactones) is 1. The lowest BCUT2D eigenvalue weighted by Crippen LogP contribution is -2.56. The first-order valence-electron chi connectivity index (χ1n) is 13.5. The fourth-order valence-electron chi connectivity index (χ4n) is 6.04. The van der Waals surface area contributed by atoms with Gasteiger partial charge in [-0.3, -0.25) is 4.79 Å². The van der Waals surface area contributed by atoms with E-state index in [1.165, 1.54) is 0 Å². The van der Waals surface area contributed by atoms with E-state index in [4.69, 9.17) is 14.5 Å². The molecule has 3 aliphatic heterocycles. The molecular formula is C29H32N4O6. The number of nitrogens with one attached hydrogen (secondary N) is 1.